The molecule has 0 bridgehead atoms. The number of carboxylic acids is 1. The lowest BCUT2D eigenvalue weighted by Crippen LogP contribution is -2.08. The predicted molar refractivity (Wildman–Crippen MR) is 54.7 cm³/mol. The number of nitrogens with zero attached hydrogens (tertiary/aromatic N) is 3. The SMILES string of the molecule is CCc1c(C(=O)O)nnn1CCSC. The van der Waals surface area contributed by atoms with Crippen LogP contribution in [-0.4, -0.2) is 38.1 Å². The van der Waals surface area contributed by atoms with Gasteiger partial charge in [-0.05, 0) is 12.7 Å². The van der Waals surface area contributed by atoms with E-state index in [0.717, 1.165) is 5.75 Å². The van der Waals surface area contributed by atoms with Crippen LogP contribution in [0.25, 0.3) is 0 Å². The topological polar surface area (TPSA) is 68.0 Å². The monoisotopic (exact) mass is 215 g/mol. The first-order chi connectivity index (χ1) is 6.70. The molecule has 1 heterocycles. The zero-order valence-electron chi connectivity index (χ0n) is 8.23. The van der Waals surface area contributed by atoms with Crippen LogP contribution in [-0.2, 0) is 13.0 Å². The lowest BCUT2D eigenvalue weighted by atomic mass is 10.2. The van der Waals surface area contributed by atoms with E-state index in [1.165, 1.54) is 0 Å². The summed E-state index contributed by atoms with van der Waals surface area (Å²) >= 11 is 1.70. The molecule has 1 N–H and O–H groups in total. The number of aryl methyl sites for hydroxylation is 1. The fraction of sp³-hybridized carbons (Fsp3) is 0.625. The van der Waals surface area contributed by atoms with Crippen molar-refractivity contribution in [3.63, 3.8) is 0 Å². The maximum Gasteiger partial charge on any atom is 0.358 e. The van der Waals surface area contributed by atoms with Crippen molar-refractivity contribution in [2.75, 3.05) is 12.0 Å². The third-order valence-electron chi connectivity index (χ3n) is 1.88. The molecule has 0 atom stereocenters. The van der Waals surface area contributed by atoms with Gasteiger partial charge >= 0.3 is 5.97 Å². The largest absolute Gasteiger partial charge is 0.476 e. The fourth-order valence-electron chi connectivity index (χ4n) is 1.21. The Morgan fingerprint density at radius 2 is 2.36 bits per heavy atom. The number of carbonyl (C=O) groups is 1. The average Bonchev–Trinajstić information content (AvgIpc) is 2.57. The van der Waals surface area contributed by atoms with Gasteiger partial charge in [-0.15, -0.1) is 5.10 Å². The summed E-state index contributed by atoms with van der Waals surface area (Å²) in [6, 6.07) is 0. The Bertz CT molecular complexity index is 324. The molecule has 14 heavy (non-hydrogen) atoms. The van der Waals surface area contributed by atoms with Crippen molar-refractivity contribution in [2.24, 2.45) is 0 Å². The minimum Gasteiger partial charge on any atom is -0.476 e. The van der Waals surface area contributed by atoms with Gasteiger partial charge in [0.2, 0.25) is 0 Å². The second kappa shape index (κ2) is 4.99. The molecular weight excluding hydrogens is 202 g/mol. The van der Waals surface area contributed by atoms with Crippen molar-refractivity contribution in [3.05, 3.63) is 11.4 Å². The van der Waals surface area contributed by atoms with E-state index in [2.05, 4.69) is 10.3 Å². The molecule has 1 aromatic heterocycles. The Labute approximate surface area is 86.5 Å². The molecule has 0 fully saturated rings. The number of aromatic nitrogens is 3. The van der Waals surface area contributed by atoms with E-state index in [-0.39, 0.29) is 5.69 Å². The third-order valence-corrected chi connectivity index (χ3v) is 2.47. The van der Waals surface area contributed by atoms with Gasteiger partial charge < -0.3 is 5.11 Å². The van der Waals surface area contributed by atoms with Gasteiger partial charge in [0.25, 0.3) is 0 Å². The molecule has 0 aliphatic carbocycles. The van der Waals surface area contributed by atoms with Crippen molar-refractivity contribution in [3.8, 4) is 0 Å². The molecule has 5 nitrogen and oxygen atoms in total. The number of hydrogen-bond acceptors (Lipinski definition) is 4. The van der Waals surface area contributed by atoms with Gasteiger partial charge in [0.1, 0.15) is 0 Å². The zero-order chi connectivity index (χ0) is 10.6. The number of carboxylic acid groups (broad SMARTS) is 1. The zero-order valence-corrected chi connectivity index (χ0v) is 9.04. The maximum atomic E-state index is 10.7. The van der Waals surface area contributed by atoms with Crippen LogP contribution < -0.4 is 0 Å². The Morgan fingerprint density at radius 1 is 1.64 bits per heavy atom. The molecule has 0 saturated carbocycles. The molecule has 78 valence electrons. The molecule has 0 aliphatic rings. The number of thioether (sulfide) groups is 1. The van der Waals surface area contributed by atoms with E-state index in [1.807, 2.05) is 13.2 Å². The molecule has 0 radical (unpaired) electrons. The van der Waals surface area contributed by atoms with Gasteiger partial charge in [0.05, 0.1) is 12.2 Å². The first-order valence-corrected chi connectivity index (χ1v) is 5.74. The van der Waals surface area contributed by atoms with E-state index in [1.54, 1.807) is 16.4 Å². The molecule has 6 heteroatoms. The standard InChI is InChI=1S/C8H13N3O2S/c1-3-6-7(8(12)13)9-10-11(6)4-5-14-2/h3-5H2,1-2H3,(H,12,13). The Morgan fingerprint density at radius 3 is 2.86 bits per heavy atom. The summed E-state index contributed by atoms with van der Waals surface area (Å²) in [4.78, 5) is 10.7. The first kappa shape index (κ1) is 11.0. The molecule has 0 saturated heterocycles. The van der Waals surface area contributed by atoms with Crippen LogP contribution in [0.15, 0.2) is 0 Å². The Hall–Kier alpha value is -1.04. The average molecular weight is 215 g/mol. The van der Waals surface area contributed by atoms with Crippen molar-refractivity contribution in [1.82, 2.24) is 15.0 Å². The van der Waals surface area contributed by atoms with Crippen LogP contribution in [0.1, 0.15) is 23.1 Å². The van der Waals surface area contributed by atoms with E-state index in [4.69, 9.17) is 5.11 Å². The van der Waals surface area contributed by atoms with Crippen LogP contribution in [0.2, 0.25) is 0 Å². The highest BCUT2D eigenvalue weighted by Crippen LogP contribution is 2.07. The van der Waals surface area contributed by atoms with Crippen LogP contribution >= 0.6 is 11.8 Å². The quantitative estimate of drug-likeness (QED) is 0.790. The molecule has 0 spiro atoms. The smallest absolute Gasteiger partial charge is 0.358 e. The second-order valence-corrected chi connectivity index (χ2v) is 3.74. The summed E-state index contributed by atoms with van der Waals surface area (Å²) in [5.41, 5.74) is 0.778. The van der Waals surface area contributed by atoms with Crippen molar-refractivity contribution in [2.45, 2.75) is 19.9 Å². The molecular formula is C8H13N3O2S. The van der Waals surface area contributed by atoms with Gasteiger partial charge in [-0.25, -0.2) is 9.48 Å². The third kappa shape index (κ3) is 2.25. The van der Waals surface area contributed by atoms with Crippen LogP contribution in [0.5, 0.6) is 0 Å². The van der Waals surface area contributed by atoms with Gasteiger partial charge in [0, 0.05) is 5.75 Å². The summed E-state index contributed by atoms with van der Waals surface area (Å²) in [5, 5.41) is 16.3. The summed E-state index contributed by atoms with van der Waals surface area (Å²) < 4.78 is 1.67. The molecule has 0 aliphatic heterocycles. The lowest BCUT2D eigenvalue weighted by molar-refractivity contribution is 0.0689. The second-order valence-electron chi connectivity index (χ2n) is 2.76. The minimum atomic E-state index is -1.00. The normalized spacial score (nSPS) is 10.4. The van der Waals surface area contributed by atoms with Gasteiger partial charge in [0.15, 0.2) is 5.69 Å². The molecule has 1 aromatic rings. The van der Waals surface area contributed by atoms with Crippen LogP contribution in [0, 0.1) is 0 Å². The number of aromatic carboxylic acids is 1. The summed E-state index contributed by atoms with van der Waals surface area (Å²) in [6.07, 6.45) is 2.64. The summed E-state index contributed by atoms with van der Waals surface area (Å²) in [6.45, 7) is 2.62. The van der Waals surface area contributed by atoms with Crippen LogP contribution in [0.4, 0.5) is 0 Å². The predicted octanol–water partition coefficient (Wildman–Crippen LogP) is 0.902. The number of rotatable bonds is 5. The highest BCUT2D eigenvalue weighted by Gasteiger charge is 2.16. The molecule has 0 aromatic carbocycles. The van der Waals surface area contributed by atoms with Gasteiger partial charge in [-0.1, -0.05) is 12.1 Å². The van der Waals surface area contributed by atoms with Gasteiger partial charge in [-0.2, -0.15) is 11.8 Å². The van der Waals surface area contributed by atoms with E-state index in [0.29, 0.717) is 18.7 Å². The van der Waals surface area contributed by atoms with Crippen molar-refractivity contribution < 1.29 is 9.90 Å². The van der Waals surface area contributed by atoms with E-state index >= 15 is 0 Å². The highest BCUT2D eigenvalue weighted by atomic mass is 32.2. The van der Waals surface area contributed by atoms with Crippen LogP contribution in [0.3, 0.4) is 0 Å². The first-order valence-electron chi connectivity index (χ1n) is 4.35. The lowest BCUT2D eigenvalue weighted by Gasteiger charge is -2.02. The van der Waals surface area contributed by atoms with Gasteiger partial charge in [-0.3, -0.25) is 0 Å². The van der Waals surface area contributed by atoms with E-state index < -0.39 is 5.97 Å². The Kier molecular flexibility index (Phi) is 3.94. The molecule has 0 amide bonds. The summed E-state index contributed by atoms with van der Waals surface area (Å²) in [7, 11) is 0. The van der Waals surface area contributed by atoms with E-state index in [9.17, 15) is 4.79 Å². The maximum absolute atomic E-state index is 10.7. The number of hydrogen-bond donors (Lipinski definition) is 1. The minimum absolute atomic E-state index is 0.0774. The molecule has 0 unspecified atom stereocenters. The highest BCUT2D eigenvalue weighted by molar-refractivity contribution is 7.98. The Balaban J connectivity index is 2.89. The fourth-order valence-corrected chi connectivity index (χ4v) is 1.56. The molecule has 1 rings (SSSR count). The van der Waals surface area contributed by atoms with Crippen molar-refractivity contribution in [1.29, 1.82) is 0 Å². The summed E-state index contributed by atoms with van der Waals surface area (Å²) in [5.74, 6) is -0.0904. The van der Waals surface area contributed by atoms with Crippen molar-refractivity contribution >= 4 is 17.7 Å².